The Morgan fingerprint density at radius 3 is 2.55 bits per heavy atom. The molecule has 0 fully saturated rings. The highest BCUT2D eigenvalue weighted by atomic mass is 19.1. The third-order valence-electron chi connectivity index (χ3n) is 2.56. The molecule has 0 saturated carbocycles. The molecule has 6 heteroatoms. The van der Waals surface area contributed by atoms with Gasteiger partial charge in [-0.05, 0) is 17.7 Å². The Morgan fingerprint density at radius 1 is 1.15 bits per heavy atom. The summed E-state index contributed by atoms with van der Waals surface area (Å²) < 4.78 is 31.8. The normalized spacial score (nSPS) is 10.1. The lowest BCUT2D eigenvalue weighted by atomic mass is 10.2. The molecule has 0 atom stereocenters. The molecule has 2 rings (SSSR count). The van der Waals surface area contributed by atoms with Crippen molar-refractivity contribution in [3.8, 4) is 0 Å². The van der Waals surface area contributed by atoms with Gasteiger partial charge in [-0.1, -0.05) is 30.3 Å². The van der Waals surface area contributed by atoms with Crippen LogP contribution in [-0.2, 0) is 11.3 Å². The molecule has 0 aliphatic heterocycles. The summed E-state index contributed by atoms with van der Waals surface area (Å²) in [6.07, 6.45) is -0.961. The van der Waals surface area contributed by atoms with Gasteiger partial charge in [0.15, 0.2) is 5.82 Å². The maximum Gasteiger partial charge on any atom is 0.412 e. The zero-order chi connectivity index (χ0) is 14.5. The minimum Gasteiger partial charge on any atom is -0.444 e. The molecule has 0 aromatic heterocycles. The van der Waals surface area contributed by atoms with Crippen LogP contribution in [0.25, 0.3) is 0 Å². The van der Waals surface area contributed by atoms with Crippen LogP contribution in [0.4, 0.5) is 25.0 Å². The smallest absolute Gasteiger partial charge is 0.412 e. The highest BCUT2D eigenvalue weighted by Gasteiger charge is 2.15. The van der Waals surface area contributed by atoms with Gasteiger partial charge in [0.25, 0.3) is 0 Å². The third kappa shape index (κ3) is 3.23. The van der Waals surface area contributed by atoms with E-state index in [0.717, 1.165) is 17.7 Å². The number of carbonyl (C=O) groups is 1. The molecule has 0 spiro atoms. The summed E-state index contributed by atoms with van der Waals surface area (Å²) in [5.74, 6) is -1.95. The zero-order valence-corrected chi connectivity index (χ0v) is 10.4. The molecule has 0 radical (unpaired) electrons. The van der Waals surface area contributed by atoms with Crippen LogP contribution >= 0.6 is 0 Å². The molecule has 0 aliphatic rings. The highest BCUT2D eigenvalue weighted by Crippen LogP contribution is 2.23. The van der Waals surface area contributed by atoms with Crippen LogP contribution in [0.5, 0.6) is 0 Å². The first-order valence-corrected chi connectivity index (χ1v) is 5.79. The number of anilines is 2. The predicted octanol–water partition coefficient (Wildman–Crippen LogP) is 3.30. The lowest BCUT2D eigenvalue weighted by Crippen LogP contribution is -2.16. The van der Waals surface area contributed by atoms with Gasteiger partial charge in [0.1, 0.15) is 18.1 Å². The Morgan fingerprint density at radius 2 is 1.85 bits per heavy atom. The zero-order valence-electron chi connectivity index (χ0n) is 10.4. The van der Waals surface area contributed by atoms with Crippen LogP contribution < -0.4 is 11.1 Å². The maximum atomic E-state index is 13.6. The number of ether oxygens (including phenoxy) is 1. The van der Waals surface area contributed by atoms with Gasteiger partial charge in [-0.25, -0.2) is 13.6 Å². The molecule has 0 saturated heterocycles. The summed E-state index contributed by atoms with van der Waals surface area (Å²) in [7, 11) is 0. The van der Waals surface area contributed by atoms with Crippen LogP contribution in [0.15, 0.2) is 42.5 Å². The molecule has 20 heavy (non-hydrogen) atoms. The number of nitrogen functional groups attached to an aromatic ring is 1. The van der Waals surface area contributed by atoms with Gasteiger partial charge in [0, 0.05) is 0 Å². The van der Waals surface area contributed by atoms with Crippen molar-refractivity contribution in [2.75, 3.05) is 11.1 Å². The van der Waals surface area contributed by atoms with Gasteiger partial charge >= 0.3 is 6.09 Å². The summed E-state index contributed by atoms with van der Waals surface area (Å²) in [5.41, 5.74) is 5.18. The van der Waals surface area contributed by atoms with E-state index in [1.54, 1.807) is 24.3 Å². The number of rotatable bonds is 3. The van der Waals surface area contributed by atoms with Crippen molar-refractivity contribution in [1.29, 1.82) is 0 Å². The molecule has 1 amide bonds. The van der Waals surface area contributed by atoms with Gasteiger partial charge in [-0.15, -0.1) is 0 Å². The quantitative estimate of drug-likeness (QED) is 0.847. The molecule has 0 heterocycles. The van der Waals surface area contributed by atoms with Gasteiger partial charge in [0.2, 0.25) is 0 Å². The second-order valence-corrected chi connectivity index (χ2v) is 4.01. The van der Waals surface area contributed by atoms with Crippen molar-refractivity contribution in [2.24, 2.45) is 0 Å². The van der Waals surface area contributed by atoms with E-state index in [1.807, 2.05) is 11.4 Å². The molecular weight excluding hydrogens is 266 g/mol. The fraction of sp³-hybridized carbons (Fsp3) is 0.0714. The third-order valence-corrected chi connectivity index (χ3v) is 2.56. The number of hydrogen-bond donors (Lipinski definition) is 2. The van der Waals surface area contributed by atoms with Crippen molar-refractivity contribution in [3.63, 3.8) is 0 Å². The Kier molecular flexibility index (Phi) is 4.14. The van der Waals surface area contributed by atoms with Gasteiger partial charge in [-0.3, -0.25) is 5.32 Å². The van der Waals surface area contributed by atoms with Crippen molar-refractivity contribution in [2.45, 2.75) is 6.61 Å². The fourth-order valence-corrected chi connectivity index (χ4v) is 1.54. The van der Waals surface area contributed by atoms with E-state index in [1.165, 1.54) is 0 Å². The summed E-state index contributed by atoms with van der Waals surface area (Å²) in [6.45, 7) is -0.00176. The lowest BCUT2D eigenvalue weighted by Gasteiger charge is -2.09. The highest BCUT2D eigenvalue weighted by molar-refractivity contribution is 5.85. The van der Waals surface area contributed by atoms with Gasteiger partial charge in [-0.2, -0.15) is 0 Å². The number of benzene rings is 2. The standard InChI is InChI=1S/C14H12F2N2O2/c15-10-6-7-11(17)12(16)13(10)18-14(19)20-8-9-4-2-1-3-5-9/h1-7H,8,17H2,(H,18,19). The van der Waals surface area contributed by atoms with Crippen molar-refractivity contribution < 1.29 is 18.3 Å². The van der Waals surface area contributed by atoms with E-state index >= 15 is 0 Å². The minimum absolute atomic E-state index is 0.00176. The average molecular weight is 278 g/mol. The second-order valence-electron chi connectivity index (χ2n) is 4.01. The molecule has 4 nitrogen and oxygen atoms in total. The monoisotopic (exact) mass is 278 g/mol. The Bertz CT molecular complexity index is 618. The fourth-order valence-electron chi connectivity index (χ4n) is 1.54. The van der Waals surface area contributed by atoms with Crippen molar-refractivity contribution >= 4 is 17.5 Å². The van der Waals surface area contributed by atoms with Crippen LogP contribution in [0.1, 0.15) is 5.56 Å². The first-order chi connectivity index (χ1) is 9.58. The van der Waals surface area contributed by atoms with Gasteiger partial charge in [0.05, 0.1) is 5.69 Å². The SMILES string of the molecule is Nc1ccc(F)c(NC(=O)OCc2ccccc2)c1F. The largest absolute Gasteiger partial charge is 0.444 e. The lowest BCUT2D eigenvalue weighted by molar-refractivity contribution is 0.155. The summed E-state index contributed by atoms with van der Waals surface area (Å²) in [6, 6.07) is 10.9. The number of halogens is 2. The molecule has 0 aliphatic carbocycles. The Hall–Kier alpha value is -2.63. The predicted molar refractivity (Wildman–Crippen MR) is 71.0 cm³/mol. The first kappa shape index (κ1) is 13.8. The van der Waals surface area contributed by atoms with Crippen LogP contribution in [-0.4, -0.2) is 6.09 Å². The number of amides is 1. The minimum atomic E-state index is -1.03. The van der Waals surface area contributed by atoms with Crippen LogP contribution in [0.3, 0.4) is 0 Å². The van der Waals surface area contributed by atoms with E-state index < -0.39 is 23.4 Å². The Labute approximate surface area is 114 Å². The maximum absolute atomic E-state index is 13.6. The Balaban J connectivity index is 2.00. The topological polar surface area (TPSA) is 64.3 Å². The van der Waals surface area contributed by atoms with E-state index in [0.29, 0.717) is 0 Å². The first-order valence-electron chi connectivity index (χ1n) is 5.79. The van der Waals surface area contributed by atoms with Crippen molar-refractivity contribution in [3.05, 3.63) is 59.7 Å². The average Bonchev–Trinajstić information content (AvgIpc) is 2.46. The second kappa shape index (κ2) is 6.01. The molecule has 0 unspecified atom stereocenters. The molecule has 104 valence electrons. The van der Waals surface area contributed by atoms with E-state index in [2.05, 4.69) is 0 Å². The summed E-state index contributed by atoms with van der Waals surface area (Å²) in [4.78, 5) is 11.5. The number of nitrogens with one attached hydrogen (secondary N) is 1. The van der Waals surface area contributed by atoms with E-state index in [4.69, 9.17) is 10.5 Å². The number of nitrogens with two attached hydrogens (primary N) is 1. The summed E-state index contributed by atoms with van der Waals surface area (Å²) >= 11 is 0. The molecule has 0 bridgehead atoms. The number of carbonyl (C=O) groups excluding carboxylic acids is 1. The molecular formula is C14H12F2N2O2. The molecule has 2 aromatic carbocycles. The number of hydrogen-bond acceptors (Lipinski definition) is 3. The molecule has 3 N–H and O–H groups in total. The van der Waals surface area contributed by atoms with Gasteiger partial charge < -0.3 is 10.5 Å². The van der Waals surface area contributed by atoms with E-state index in [-0.39, 0.29) is 12.3 Å². The van der Waals surface area contributed by atoms with Crippen LogP contribution in [0.2, 0.25) is 0 Å². The van der Waals surface area contributed by atoms with Crippen LogP contribution in [0, 0.1) is 11.6 Å². The molecule has 2 aromatic rings. The van der Waals surface area contributed by atoms with Crippen molar-refractivity contribution in [1.82, 2.24) is 0 Å². The van der Waals surface area contributed by atoms with E-state index in [9.17, 15) is 13.6 Å². The summed E-state index contributed by atoms with van der Waals surface area (Å²) in [5, 5.41) is 2.00.